The molecule has 0 aliphatic heterocycles. The fourth-order valence-corrected chi connectivity index (χ4v) is 9.97. The van der Waals surface area contributed by atoms with Gasteiger partial charge in [0.15, 0.2) is 69.8 Å². The van der Waals surface area contributed by atoms with Gasteiger partial charge in [0.2, 0.25) is 0 Å². The monoisotopic (exact) mass is 1260 g/mol. The molecule has 0 unspecified atom stereocenters. The first-order chi connectivity index (χ1) is 36.0. The minimum atomic E-state index is -7.22. The Hall–Kier alpha value is -6.28. The van der Waals surface area contributed by atoms with E-state index < -0.39 is 150 Å². The molecule has 413 valence electrons. The molecule has 0 fully saturated rings. The van der Waals surface area contributed by atoms with Crippen LogP contribution in [0.1, 0.15) is 6.42 Å². The van der Waals surface area contributed by atoms with Crippen molar-refractivity contribution in [2.24, 2.45) is 0 Å². The maximum atomic E-state index is 15.4. The summed E-state index contributed by atoms with van der Waals surface area (Å²) in [6.07, 6.45) is -0.747. The topological polar surface area (TPSA) is 0 Å². The summed E-state index contributed by atoms with van der Waals surface area (Å²) in [5, 5.41) is 0. The van der Waals surface area contributed by atoms with Crippen molar-refractivity contribution in [1.82, 2.24) is 0 Å². The van der Waals surface area contributed by atoms with Crippen LogP contribution in [0.2, 0.25) is 0 Å². The van der Waals surface area contributed by atoms with Gasteiger partial charge in [-0.3, -0.25) is 0 Å². The fraction of sp³-hybridized carbons (Fsp3) is 0.0189. The second kappa shape index (κ2) is 26.3. The number of allylic oxidation sites excluding steroid dienone is 4. The second-order valence-corrected chi connectivity index (χ2v) is 18.2. The van der Waals surface area contributed by atoms with Crippen LogP contribution >= 0.6 is 37.2 Å². The van der Waals surface area contributed by atoms with Gasteiger partial charge in [0.25, 0.3) is 0 Å². The molecule has 0 heterocycles. The maximum Gasteiger partial charge on any atom is 0.108 e. The molecule has 0 bridgehead atoms. The van der Waals surface area contributed by atoms with Crippen LogP contribution in [0, 0.1) is 116 Å². The average Bonchev–Trinajstić information content (AvgIpc) is 3.99. The average molecular weight is 1260 g/mol. The third-order valence-electron chi connectivity index (χ3n) is 12.7. The van der Waals surface area contributed by atoms with Crippen LogP contribution in [0.3, 0.4) is 0 Å². The zero-order chi connectivity index (χ0) is 55.7. The van der Waals surface area contributed by atoms with Crippen molar-refractivity contribution in [3.05, 3.63) is 259 Å². The number of hydrogen-bond donors (Lipinski definition) is 0. The molecule has 0 atom stereocenters. The maximum absolute atomic E-state index is 15.4. The molecule has 79 heavy (non-hydrogen) atoms. The first kappa shape index (κ1) is 65.2. The van der Waals surface area contributed by atoms with Gasteiger partial charge in [-0.1, -0.05) is 121 Å². The molecular formula is C53H28B2Cl3F20Zr-2. The van der Waals surface area contributed by atoms with Crippen LogP contribution in [0.25, 0.3) is 0 Å². The first-order valence-electron chi connectivity index (χ1n) is 21.7. The van der Waals surface area contributed by atoms with Gasteiger partial charge in [-0.2, -0.15) is 21.9 Å². The van der Waals surface area contributed by atoms with E-state index in [4.69, 9.17) is 0 Å². The standard InChI is InChI=1S/C24BF20.C24H20B.C5H5.3ClH.Zr/c26-5-1(6(27)14(35)21(42)13(5)34)25(2-7(28)15(36)22(43)16(37)8(2)29,3-9(30)17(38)23(44)18(39)10(3)31)4-11(32)19(40)24(45)20(41)12(4)33;1-5-13-21(14-6-1)25(22-15-7-2-8-16-22,23-17-9-3-10-18-23)24-19-11-4-12-20-24;1-2-4-5-3-1;;;;/h;1-20H;1-3H,4H2;3*1H;/q2*-1;;;;;. The summed E-state index contributed by atoms with van der Waals surface area (Å²) in [6, 6.07) is 43.5. The van der Waals surface area contributed by atoms with Crippen molar-refractivity contribution >= 4 is 93.2 Å². The Kier molecular flexibility index (Phi) is 21.7. The van der Waals surface area contributed by atoms with E-state index >= 15 is 35.1 Å². The van der Waals surface area contributed by atoms with Gasteiger partial charge < -0.3 is 0 Å². The quantitative estimate of drug-likeness (QED) is 0.0616. The molecule has 0 aromatic heterocycles. The molecule has 0 N–H and O–H groups in total. The molecule has 9 rings (SSSR count). The molecule has 0 saturated carbocycles. The summed E-state index contributed by atoms with van der Waals surface area (Å²) in [6.45, 7) is 0. The van der Waals surface area contributed by atoms with Crippen LogP contribution in [-0.2, 0) is 24.7 Å². The van der Waals surface area contributed by atoms with Gasteiger partial charge in [-0.25, -0.2) is 87.8 Å². The summed E-state index contributed by atoms with van der Waals surface area (Å²) >= 11 is 1.56. The summed E-state index contributed by atoms with van der Waals surface area (Å²) in [5.74, 6) is -71.4. The van der Waals surface area contributed by atoms with E-state index in [0.717, 1.165) is 0 Å². The van der Waals surface area contributed by atoms with Gasteiger partial charge in [0.1, 0.15) is 58.8 Å². The van der Waals surface area contributed by atoms with Crippen molar-refractivity contribution in [2.75, 3.05) is 0 Å². The van der Waals surface area contributed by atoms with Crippen LogP contribution in [0.15, 0.2) is 143 Å². The first-order valence-corrected chi connectivity index (χ1v) is 22.9. The summed E-state index contributed by atoms with van der Waals surface area (Å²) < 4.78 is 296. The zero-order valence-corrected chi connectivity index (χ0v) is 43.8. The van der Waals surface area contributed by atoms with Gasteiger partial charge in [0.05, 0.1) is 0 Å². The van der Waals surface area contributed by atoms with Crippen molar-refractivity contribution in [2.45, 2.75) is 6.42 Å². The van der Waals surface area contributed by atoms with Gasteiger partial charge >= 0.3 is 52.6 Å². The summed E-state index contributed by atoms with van der Waals surface area (Å²) in [7, 11) is 0. The third kappa shape index (κ3) is 11.2. The van der Waals surface area contributed by atoms with Crippen molar-refractivity contribution in [1.29, 1.82) is 0 Å². The van der Waals surface area contributed by atoms with E-state index in [0.29, 0.717) is 0 Å². The predicted molar refractivity (Wildman–Crippen MR) is 263 cm³/mol. The molecule has 8 aromatic rings. The van der Waals surface area contributed by atoms with Crippen LogP contribution in [-0.4, -0.2) is 12.3 Å². The largest absolute Gasteiger partial charge is 0.195 e. The molecular weight excluding hydrogens is 1240 g/mol. The van der Waals surface area contributed by atoms with E-state index in [1.165, 1.54) is 28.3 Å². The van der Waals surface area contributed by atoms with E-state index in [9.17, 15) is 52.7 Å². The Bertz CT molecular complexity index is 3040. The Morgan fingerprint density at radius 1 is 0.253 bits per heavy atom. The Balaban J connectivity index is 0.000000330. The van der Waals surface area contributed by atoms with E-state index in [1.807, 2.05) is 0 Å². The minimum absolute atomic E-state index is 0. The number of rotatable bonds is 8. The molecule has 0 radical (unpaired) electrons. The number of halogens is 23. The summed E-state index contributed by atoms with van der Waals surface area (Å²) in [4.78, 5) is 0. The van der Waals surface area contributed by atoms with Crippen molar-refractivity contribution in [3.8, 4) is 0 Å². The van der Waals surface area contributed by atoms with Crippen molar-refractivity contribution in [3.63, 3.8) is 0 Å². The molecule has 0 saturated heterocycles. The molecule has 8 aromatic carbocycles. The second-order valence-electron chi connectivity index (χ2n) is 16.6. The van der Waals surface area contributed by atoms with Gasteiger partial charge in [-0.15, -0.1) is 59.1 Å². The number of hydrogen-bond acceptors (Lipinski definition) is 0. The third-order valence-corrected chi connectivity index (χ3v) is 13.6. The van der Waals surface area contributed by atoms with E-state index in [1.54, 1.807) is 28.0 Å². The SMILES string of the molecule is Cl.Cl.Cl.Fc1c(F)c(F)c([B-](c2c(F)c(F)c(F)c(F)c2F)(c2c(F)c(F)c(F)c(F)c2F)c2c(F)c(F)c(F)c(F)c2F)c(F)c1F.[Zr][C]1=CC=CC1.c1ccc([B-](c2ccccc2)(c2ccccc2)c2ccccc2)cc1. The molecule has 0 spiro atoms. The van der Waals surface area contributed by atoms with Crippen molar-refractivity contribution < 1.29 is 113 Å². The molecule has 1 aliphatic rings. The molecule has 0 nitrogen and oxygen atoms in total. The normalized spacial score (nSPS) is 11.8. The van der Waals surface area contributed by atoms with E-state index in [2.05, 4.69) is 140 Å². The van der Waals surface area contributed by atoms with E-state index in [-0.39, 0.29) is 37.2 Å². The Morgan fingerprint density at radius 3 is 0.570 bits per heavy atom. The Morgan fingerprint density at radius 2 is 0.430 bits per heavy atom. The molecule has 1 aliphatic carbocycles. The molecule has 0 amide bonds. The van der Waals surface area contributed by atoms with Crippen LogP contribution in [0.5, 0.6) is 0 Å². The summed E-state index contributed by atoms with van der Waals surface area (Å²) in [5.41, 5.74) is -8.97. The minimum Gasteiger partial charge on any atom is -0.195 e. The van der Waals surface area contributed by atoms with Gasteiger partial charge in [0, 0.05) is 0 Å². The smallest absolute Gasteiger partial charge is 0.108 e. The molecule has 26 heteroatoms. The Labute approximate surface area is 468 Å². The van der Waals surface area contributed by atoms with Gasteiger partial charge in [-0.05, 0) is 0 Å². The van der Waals surface area contributed by atoms with Crippen LogP contribution in [0.4, 0.5) is 87.8 Å². The number of benzene rings is 8. The van der Waals surface area contributed by atoms with Crippen LogP contribution < -0.4 is 43.7 Å². The fourth-order valence-electron chi connectivity index (χ4n) is 9.44. The zero-order valence-electron chi connectivity index (χ0n) is 38.9. The predicted octanol–water partition coefficient (Wildman–Crippen LogP) is 11.6.